The third kappa shape index (κ3) is 454. The number of hydrogen-bond acceptors (Lipinski definition) is 4. The molecule has 0 aliphatic rings. The molecule has 0 aliphatic heterocycles. The average molecular weight is 296 g/mol. The summed E-state index contributed by atoms with van der Waals surface area (Å²) in [5.74, 6) is -3.33. The van der Waals surface area contributed by atoms with Gasteiger partial charge in [-0.1, -0.05) is 0 Å². The maximum Gasteiger partial charge on any atom is 0.300 e. The van der Waals surface area contributed by atoms with Gasteiger partial charge < -0.3 is 20.4 Å². The van der Waals surface area contributed by atoms with Crippen molar-refractivity contribution in [3.8, 4) is 0 Å². The Labute approximate surface area is 118 Å². The standard InChI is InChI=1S/4C2H4O2.2C2H4/c4*1-2(3)4;2*1-2/h4*1H3,(H,3,4);2*1-2H2. The first-order chi connectivity index (χ1) is 8.93. The quantitative estimate of drug-likeness (QED) is 0.495. The highest BCUT2D eigenvalue weighted by Gasteiger charge is 1.66. The van der Waals surface area contributed by atoms with Crippen LogP contribution in [-0.4, -0.2) is 44.3 Å². The molecule has 120 valence electrons. The molecular weight excluding hydrogens is 272 g/mol. The Morgan fingerprint density at radius 1 is 0.500 bits per heavy atom. The zero-order chi connectivity index (χ0) is 18.3. The van der Waals surface area contributed by atoms with Gasteiger partial charge >= 0.3 is 0 Å². The molecule has 0 aromatic rings. The van der Waals surface area contributed by atoms with Gasteiger partial charge in [-0.15, -0.1) is 26.3 Å². The highest BCUT2D eigenvalue weighted by atomic mass is 16.4. The fourth-order valence-corrected chi connectivity index (χ4v) is 0. The second-order valence-electron chi connectivity index (χ2n) is 2.08. The molecule has 0 aromatic heterocycles. The first kappa shape index (κ1) is 36.0. The van der Waals surface area contributed by atoms with Crippen LogP contribution >= 0.6 is 0 Å². The number of hydrogen-bond donors (Lipinski definition) is 4. The Morgan fingerprint density at radius 2 is 0.500 bits per heavy atom. The van der Waals surface area contributed by atoms with E-state index in [2.05, 4.69) is 26.3 Å². The van der Waals surface area contributed by atoms with Gasteiger partial charge in [-0.05, 0) is 0 Å². The van der Waals surface area contributed by atoms with E-state index in [1.165, 1.54) is 0 Å². The van der Waals surface area contributed by atoms with Crippen LogP contribution in [-0.2, 0) is 19.2 Å². The largest absolute Gasteiger partial charge is 0.481 e. The highest BCUT2D eigenvalue weighted by Crippen LogP contribution is 1.43. The lowest BCUT2D eigenvalue weighted by molar-refractivity contribution is -0.135. The molecule has 0 bridgehead atoms. The number of carbonyl (C=O) groups is 4. The second kappa shape index (κ2) is 44.1. The van der Waals surface area contributed by atoms with E-state index in [9.17, 15) is 0 Å². The van der Waals surface area contributed by atoms with Crippen LogP contribution in [0.2, 0.25) is 0 Å². The Hall–Kier alpha value is -2.64. The van der Waals surface area contributed by atoms with Crippen molar-refractivity contribution in [3.63, 3.8) is 0 Å². The molecule has 0 amide bonds. The summed E-state index contributed by atoms with van der Waals surface area (Å²) in [5, 5.41) is 29.7. The van der Waals surface area contributed by atoms with Crippen LogP contribution < -0.4 is 0 Å². The topological polar surface area (TPSA) is 149 Å². The minimum atomic E-state index is -0.833. The molecule has 8 nitrogen and oxygen atoms in total. The third-order valence-electron chi connectivity index (χ3n) is 0. The van der Waals surface area contributed by atoms with E-state index in [1.54, 1.807) is 0 Å². The first-order valence-corrected chi connectivity index (χ1v) is 4.71. The molecule has 0 spiro atoms. The van der Waals surface area contributed by atoms with E-state index in [-0.39, 0.29) is 0 Å². The van der Waals surface area contributed by atoms with Gasteiger partial charge in [0.2, 0.25) is 0 Å². The number of rotatable bonds is 0. The molecule has 8 heteroatoms. The molecular formula is C12H24O8. The van der Waals surface area contributed by atoms with Crippen molar-refractivity contribution >= 4 is 23.9 Å². The molecule has 20 heavy (non-hydrogen) atoms. The van der Waals surface area contributed by atoms with Crippen LogP contribution in [0.5, 0.6) is 0 Å². The number of carboxylic acids is 4. The fraction of sp³-hybridized carbons (Fsp3) is 0.333. The fourth-order valence-electron chi connectivity index (χ4n) is 0. The number of carboxylic acid groups (broad SMARTS) is 4. The van der Waals surface area contributed by atoms with Gasteiger partial charge in [-0.3, -0.25) is 19.2 Å². The van der Waals surface area contributed by atoms with Crippen molar-refractivity contribution in [2.24, 2.45) is 0 Å². The maximum atomic E-state index is 9.00. The van der Waals surface area contributed by atoms with Crippen molar-refractivity contribution in [3.05, 3.63) is 26.3 Å². The minimum absolute atomic E-state index is 0.833. The molecule has 0 aromatic carbocycles. The van der Waals surface area contributed by atoms with Crippen molar-refractivity contribution in [2.75, 3.05) is 0 Å². The summed E-state index contributed by atoms with van der Waals surface area (Å²) in [6.07, 6.45) is 0. The Kier molecular flexibility index (Phi) is 79.3. The Morgan fingerprint density at radius 3 is 0.500 bits per heavy atom. The van der Waals surface area contributed by atoms with Gasteiger partial charge in [-0.25, -0.2) is 0 Å². The van der Waals surface area contributed by atoms with Gasteiger partial charge in [0, 0.05) is 27.7 Å². The summed E-state index contributed by atoms with van der Waals surface area (Å²) in [6, 6.07) is 0. The summed E-state index contributed by atoms with van der Waals surface area (Å²) < 4.78 is 0. The number of aliphatic carboxylic acids is 4. The van der Waals surface area contributed by atoms with Crippen LogP contribution in [0.15, 0.2) is 26.3 Å². The lowest BCUT2D eigenvalue weighted by Gasteiger charge is -1.59. The van der Waals surface area contributed by atoms with Crippen LogP contribution in [0.4, 0.5) is 0 Å². The SMILES string of the molecule is C=C.C=C.CC(=O)O.CC(=O)O.CC(=O)O.CC(=O)O. The van der Waals surface area contributed by atoms with Crippen LogP contribution in [0.1, 0.15) is 27.7 Å². The predicted molar refractivity (Wildman–Crippen MR) is 75.7 cm³/mol. The van der Waals surface area contributed by atoms with Gasteiger partial charge in [0.1, 0.15) is 0 Å². The molecule has 0 saturated heterocycles. The minimum Gasteiger partial charge on any atom is -0.481 e. The van der Waals surface area contributed by atoms with Crippen molar-refractivity contribution < 1.29 is 39.6 Å². The Bertz CT molecular complexity index is 182. The molecule has 0 atom stereocenters. The van der Waals surface area contributed by atoms with E-state index in [4.69, 9.17) is 39.6 Å². The smallest absolute Gasteiger partial charge is 0.300 e. The summed E-state index contributed by atoms with van der Waals surface area (Å²) in [6.45, 7) is 16.3. The van der Waals surface area contributed by atoms with Crippen LogP contribution in [0.25, 0.3) is 0 Å². The van der Waals surface area contributed by atoms with Gasteiger partial charge in [0.15, 0.2) is 0 Å². The highest BCUT2D eigenvalue weighted by molar-refractivity contribution is 5.63. The molecule has 0 fully saturated rings. The van der Waals surface area contributed by atoms with E-state index in [0.717, 1.165) is 27.7 Å². The maximum absolute atomic E-state index is 9.00. The normalized spacial score (nSPS) is 5.40. The van der Waals surface area contributed by atoms with E-state index < -0.39 is 23.9 Å². The molecule has 0 heterocycles. The van der Waals surface area contributed by atoms with E-state index >= 15 is 0 Å². The van der Waals surface area contributed by atoms with E-state index in [1.807, 2.05) is 0 Å². The zero-order valence-electron chi connectivity index (χ0n) is 12.3. The molecule has 0 saturated carbocycles. The Balaban J connectivity index is -0.0000000301. The van der Waals surface area contributed by atoms with Crippen LogP contribution in [0.3, 0.4) is 0 Å². The summed E-state index contributed by atoms with van der Waals surface area (Å²) >= 11 is 0. The van der Waals surface area contributed by atoms with Crippen LogP contribution in [0, 0.1) is 0 Å². The third-order valence-corrected chi connectivity index (χ3v) is 0. The monoisotopic (exact) mass is 296 g/mol. The molecule has 0 rings (SSSR count). The zero-order valence-corrected chi connectivity index (χ0v) is 12.3. The molecule has 0 unspecified atom stereocenters. The predicted octanol–water partition coefficient (Wildman–Crippen LogP) is 1.97. The van der Waals surface area contributed by atoms with Gasteiger partial charge in [0.05, 0.1) is 0 Å². The van der Waals surface area contributed by atoms with E-state index in [0.29, 0.717) is 0 Å². The molecule has 0 radical (unpaired) electrons. The molecule has 0 aliphatic carbocycles. The average Bonchev–Trinajstić information content (AvgIpc) is 2.19. The van der Waals surface area contributed by atoms with Gasteiger partial charge in [-0.2, -0.15) is 0 Å². The summed E-state index contributed by atoms with van der Waals surface area (Å²) in [5.41, 5.74) is 0. The van der Waals surface area contributed by atoms with Crippen molar-refractivity contribution in [1.29, 1.82) is 0 Å². The lowest BCUT2D eigenvalue weighted by Crippen LogP contribution is -1.78. The summed E-state index contributed by atoms with van der Waals surface area (Å²) in [7, 11) is 0. The lowest BCUT2D eigenvalue weighted by atomic mass is 10.9. The second-order valence-corrected chi connectivity index (χ2v) is 2.08. The summed E-state index contributed by atoms with van der Waals surface area (Å²) in [4.78, 5) is 36.0. The first-order valence-electron chi connectivity index (χ1n) is 4.71. The van der Waals surface area contributed by atoms with Gasteiger partial charge in [0.25, 0.3) is 23.9 Å². The van der Waals surface area contributed by atoms with Crippen molar-refractivity contribution in [2.45, 2.75) is 27.7 Å². The molecule has 4 N–H and O–H groups in total. The van der Waals surface area contributed by atoms with Crippen molar-refractivity contribution in [1.82, 2.24) is 0 Å².